The molecule has 0 spiro atoms. The molecule has 1 fully saturated rings. The maximum Gasteiger partial charge on any atom is 0.323 e. The van der Waals surface area contributed by atoms with Gasteiger partial charge in [0.05, 0.1) is 0 Å². The molecule has 1 unspecified atom stereocenters. The summed E-state index contributed by atoms with van der Waals surface area (Å²) >= 11 is 3.82. The second kappa shape index (κ2) is 5.50. The molecule has 1 atom stereocenters. The lowest BCUT2D eigenvalue weighted by molar-refractivity contribution is -0.152. The van der Waals surface area contributed by atoms with Gasteiger partial charge < -0.3 is 4.74 Å². The first-order chi connectivity index (χ1) is 6.24. The van der Waals surface area contributed by atoms with E-state index in [4.69, 9.17) is 4.74 Å². The lowest BCUT2D eigenvalue weighted by Crippen LogP contribution is -2.33. The van der Waals surface area contributed by atoms with Crippen LogP contribution < -0.4 is 4.72 Å². The molecule has 4 heteroatoms. The minimum absolute atomic E-state index is 0.144. The van der Waals surface area contributed by atoms with Crippen molar-refractivity contribution in [2.24, 2.45) is 0 Å². The zero-order valence-corrected chi connectivity index (χ0v) is 8.85. The smallest absolute Gasteiger partial charge is 0.323 e. The van der Waals surface area contributed by atoms with Crippen LogP contribution in [0.25, 0.3) is 0 Å². The van der Waals surface area contributed by atoms with Crippen molar-refractivity contribution in [3.63, 3.8) is 0 Å². The molecule has 0 aromatic rings. The van der Waals surface area contributed by atoms with Gasteiger partial charge in [-0.2, -0.15) is 0 Å². The first-order valence-corrected chi connectivity index (χ1v) is 5.29. The zero-order chi connectivity index (χ0) is 9.68. The van der Waals surface area contributed by atoms with Gasteiger partial charge in [0.15, 0.2) is 0 Å². The number of ether oxygens (including phenoxy) is 1. The first kappa shape index (κ1) is 10.9. The number of nitrogens with one attached hydrogen (secondary N) is 1. The number of rotatable bonds is 3. The topological polar surface area (TPSA) is 38.3 Å². The molecule has 13 heavy (non-hydrogen) atoms. The predicted octanol–water partition coefficient (Wildman–Crippen LogP) is 1.69. The highest BCUT2D eigenvalue weighted by atomic mass is 32.1. The van der Waals surface area contributed by atoms with Crippen LogP contribution in [0, 0.1) is 0 Å². The van der Waals surface area contributed by atoms with Crippen LogP contribution in [0.5, 0.6) is 0 Å². The summed E-state index contributed by atoms with van der Waals surface area (Å²) in [7, 11) is 0. The molecule has 0 radical (unpaired) electrons. The van der Waals surface area contributed by atoms with Crippen molar-refractivity contribution in [2.75, 3.05) is 0 Å². The van der Waals surface area contributed by atoms with Gasteiger partial charge in [-0.05, 0) is 32.6 Å². The van der Waals surface area contributed by atoms with E-state index in [1.807, 2.05) is 0 Å². The highest BCUT2D eigenvalue weighted by Crippen LogP contribution is 2.20. The van der Waals surface area contributed by atoms with Gasteiger partial charge in [-0.25, -0.2) is 0 Å². The molecule has 1 rings (SSSR count). The van der Waals surface area contributed by atoms with Gasteiger partial charge in [0.2, 0.25) is 0 Å². The van der Waals surface area contributed by atoms with Gasteiger partial charge in [-0.15, -0.1) is 0 Å². The van der Waals surface area contributed by atoms with E-state index in [1.165, 1.54) is 19.3 Å². The third-order valence-electron chi connectivity index (χ3n) is 2.38. The number of esters is 1. The van der Waals surface area contributed by atoms with Crippen molar-refractivity contribution in [3.05, 3.63) is 0 Å². The fourth-order valence-corrected chi connectivity index (χ4v) is 1.61. The SMILES string of the molecule is CC(NS)C(=O)OC1CCCCC1. The molecular weight excluding hydrogens is 186 g/mol. The summed E-state index contributed by atoms with van der Waals surface area (Å²) < 4.78 is 7.87. The Hall–Kier alpha value is -0.220. The van der Waals surface area contributed by atoms with E-state index in [-0.39, 0.29) is 18.1 Å². The Kier molecular flexibility index (Phi) is 4.59. The van der Waals surface area contributed by atoms with Crippen molar-refractivity contribution in [1.29, 1.82) is 0 Å². The predicted molar refractivity (Wildman–Crippen MR) is 54.5 cm³/mol. The standard InChI is InChI=1S/C9H17NO2S/c1-7(10-13)9(11)12-8-5-3-2-4-6-8/h7-8,10,13H,2-6H2,1H3. The zero-order valence-electron chi connectivity index (χ0n) is 7.95. The molecule has 1 N–H and O–H groups in total. The van der Waals surface area contributed by atoms with Crippen molar-refractivity contribution in [2.45, 2.75) is 51.2 Å². The van der Waals surface area contributed by atoms with E-state index in [2.05, 4.69) is 17.5 Å². The van der Waals surface area contributed by atoms with Crippen LogP contribution >= 0.6 is 12.8 Å². The summed E-state index contributed by atoms with van der Waals surface area (Å²) in [6.07, 6.45) is 5.82. The number of hydrogen-bond donors (Lipinski definition) is 2. The lowest BCUT2D eigenvalue weighted by atomic mass is 9.98. The Morgan fingerprint density at radius 2 is 2.08 bits per heavy atom. The average Bonchev–Trinajstić information content (AvgIpc) is 2.18. The van der Waals surface area contributed by atoms with Crippen LogP contribution in [0.15, 0.2) is 0 Å². The first-order valence-electron chi connectivity index (χ1n) is 4.84. The summed E-state index contributed by atoms with van der Waals surface area (Å²) in [5.74, 6) is -0.193. The minimum atomic E-state index is -0.315. The Morgan fingerprint density at radius 3 is 2.62 bits per heavy atom. The third kappa shape index (κ3) is 3.56. The highest BCUT2D eigenvalue weighted by Gasteiger charge is 2.20. The van der Waals surface area contributed by atoms with E-state index in [9.17, 15) is 4.79 Å². The van der Waals surface area contributed by atoms with Crippen LogP contribution in [0.1, 0.15) is 39.0 Å². The maximum absolute atomic E-state index is 11.3. The molecule has 0 aliphatic heterocycles. The van der Waals surface area contributed by atoms with Crippen LogP contribution in [-0.4, -0.2) is 18.1 Å². The van der Waals surface area contributed by atoms with Crippen LogP contribution in [-0.2, 0) is 9.53 Å². The lowest BCUT2D eigenvalue weighted by Gasteiger charge is -2.23. The molecule has 3 nitrogen and oxygen atoms in total. The second-order valence-electron chi connectivity index (χ2n) is 3.55. The Balaban J connectivity index is 2.26. The van der Waals surface area contributed by atoms with E-state index in [1.54, 1.807) is 6.92 Å². The van der Waals surface area contributed by atoms with Gasteiger partial charge in [0.1, 0.15) is 12.1 Å². The van der Waals surface area contributed by atoms with Gasteiger partial charge in [0, 0.05) is 0 Å². The van der Waals surface area contributed by atoms with E-state index in [0.29, 0.717) is 0 Å². The third-order valence-corrected chi connectivity index (χ3v) is 2.77. The van der Waals surface area contributed by atoms with E-state index >= 15 is 0 Å². The number of carbonyl (C=O) groups is 1. The van der Waals surface area contributed by atoms with E-state index < -0.39 is 0 Å². The van der Waals surface area contributed by atoms with Crippen LogP contribution in [0.3, 0.4) is 0 Å². The van der Waals surface area contributed by atoms with E-state index in [0.717, 1.165) is 12.8 Å². The number of carbonyl (C=O) groups excluding carboxylic acids is 1. The molecule has 0 saturated heterocycles. The fraction of sp³-hybridized carbons (Fsp3) is 0.889. The Labute approximate surface area is 84.8 Å². The summed E-state index contributed by atoms with van der Waals surface area (Å²) in [4.78, 5) is 11.3. The second-order valence-corrected chi connectivity index (χ2v) is 3.81. The molecule has 0 amide bonds. The molecule has 76 valence electrons. The quantitative estimate of drug-likeness (QED) is 0.541. The molecule has 1 aliphatic carbocycles. The van der Waals surface area contributed by atoms with Gasteiger partial charge >= 0.3 is 5.97 Å². The van der Waals surface area contributed by atoms with Crippen molar-refractivity contribution < 1.29 is 9.53 Å². The van der Waals surface area contributed by atoms with Gasteiger partial charge in [0.25, 0.3) is 0 Å². The normalized spacial score (nSPS) is 21.1. The van der Waals surface area contributed by atoms with Crippen molar-refractivity contribution >= 4 is 18.8 Å². The molecule has 0 aromatic carbocycles. The maximum atomic E-state index is 11.3. The van der Waals surface area contributed by atoms with Gasteiger partial charge in [-0.3, -0.25) is 9.52 Å². The molecule has 0 heterocycles. The largest absolute Gasteiger partial charge is 0.461 e. The number of thiol groups is 1. The van der Waals surface area contributed by atoms with Crippen molar-refractivity contribution in [3.8, 4) is 0 Å². The molecule has 0 bridgehead atoms. The molecule has 0 aromatic heterocycles. The molecular formula is C9H17NO2S. The summed E-state index contributed by atoms with van der Waals surface area (Å²) in [6.45, 7) is 1.75. The molecule has 1 aliphatic rings. The number of hydrogen-bond acceptors (Lipinski definition) is 4. The summed E-state index contributed by atoms with van der Waals surface area (Å²) in [6, 6.07) is -0.315. The van der Waals surface area contributed by atoms with Gasteiger partial charge in [-0.1, -0.05) is 19.2 Å². The van der Waals surface area contributed by atoms with Crippen molar-refractivity contribution in [1.82, 2.24) is 4.72 Å². The average molecular weight is 203 g/mol. The Morgan fingerprint density at radius 1 is 1.46 bits per heavy atom. The highest BCUT2D eigenvalue weighted by molar-refractivity contribution is 7.78. The molecule has 1 saturated carbocycles. The van der Waals surface area contributed by atoms with Crippen LogP contribution in [0.2, 0.25) is 0 Å². The fourth-order valence-electron chi connectivity index (χ4n) is 1.50. The Bertz CT molecular complexity index is 169. The summed E-state index contributed by atoms with van der Waals surface area (Å²) in [5, 5.41) is 0. The minimum Gasteiger partial charge on any atom is -0.461 e. The van der Waals surface area contributed by atoms with Crippen LogP contribution in [0.4, 0.5) is 0 Å². The monoisotopic (exact) mass is 203 g/mol. The summed E-state index contributed by atoms with van der Waals surface area (Å²) in [5.41, 5.74) is 0.